The summed E-state index contributed by atoms with van der Waals surface area (Å²) < 4.78 is 4.97. The zero-order chi connectivity index (χ0) is 17.5. The first kappa shape index (κ1) is 15.9. The highest BCUT2D eigenvalue weighted by molar-refractivity contribution is 6.07. The first-order valence-electron chi connectivity index (χ1n) is 7.30. The highest BCUT2D eigenvalue weighted by Crippen LogP contribution is 2.33. The van der Waals surface area contributed by atoms with Gasteiger partial charge in [0, 0.05) is 12.1 Å². The summed E-state index contributed by atoms with van der Waals surface area (Å²) in [5, 5.41) is 24.2. The summed E-state index contributed by atoms with van der Waals surface area (Å²) in [7, 11) is 1.40. The number of anilines is 1. The smallest absolute Gasteiger partial charge is 0.285 e. The van der Waals surface area contributed by atoms with Crippen LogP contribution in [0.3, 0.4) is 0 Å². The molecule has 1 aliphatic rings. The molecule has 9 heteroatoms. The van der Waals surface area contributed by atoms with Gasteiger partial charge in [0.2, 0.25) is 0 Å². The molecule has 126 valence electrons. The average Bonchev–Trinajstić information content (AvgIpc) is 3.08. The number of methoxy groups -OCH3 is 1. The molecule has 0 atom stereocenters. The molecule has 1 aromatic carbocycles. The SMILES string of the molecule is COc1ccc(C(=O)Nc2n[nH]c3c2CNC3(C)C)c([N+](=O)[O-])c1. The third-order valence-electron chi connectivity index (χ3n) is 4.08. The lowest BCUT2D eigenvalue weighted by molar-refractivity contribution is -0.385. The van der Waals surface area contributed by atoms with Crippen molar-refractivity contribution >= 4 is 17.4 Å². The van der Waals surface area contributed by atoms with Crippen LogP contribution in [-0.4, -0.2) is 28.1 Å². The molecule has 2 aromatic rings. The number of nitrogens with one attached hydrogen (secondary N) is 3. The Bertz CT molecular complexity index is 827. The number of aromatic amines is 1. The minimum absolute atomic E-state index is 0.0530. The van der Waals surface area contributed by atoms with Gasteiger partial charge >= 0.3 is 0 Å². The van der Waals surface area contributed by atoms with E-state index in [1.807, 2.05) is 13.8 Å². The van der Waals surface area contributed by atoms with E-state index in [4.69, 9.17) is 4.74 Å². The maximum Gasteiger partial charge on any atom is 0.285 e. The minimum Gasteiger partial charge on any atom is -0.497 e. The number of H-pyrrole nitrogens is 1. The van der Waals surface area contributed by atoms with Crippen LogP contribution in [-0.2, 0) is 12.1 Å². The molecule has 0 bridgehead atoms. The first-order chi connectivity index (χ1) is 11.3. The monoisotopic (exact) mass is 331 g/mol. The topological polar surface area (TPSA) is 122 Å². The zero-order valence-corrected chi connectivity index (χ0v) is 13.5. The average molecular weight is 331 g/mol. The molecule has 0 fully saturated rings. The summed E-state index contributed by atoms with van der Waals surface area (Å²) in [6.45, 7) is 4.55. The van der Waals surface area contributed by atoms with Gasteiger partial charge in [-0.3, -0.25) is 20.0 Å². The fourth-order valence-electron chi connectivity index (χ4n) is 2.71. The molecule has 3 rings (SSSR count). The van der Waals surface area contributed by atoms with E-state index in [1.165, 1.54) is 25.3 Å². The highest BCUT2D eigenvalue weighted by Gasteiger charge is 2.34. The third-order valence-corrected chi connectivity index (χ3v) is 4.08. The van der Waals surface area contributed by atoms with Crippen molar-refractivity contribution in [1.82, 2.24) is 15.5 Å². The van der Waals surface area contributed by atoms with E-state index in [2.05, 4.69) is 20.8 Å². The lowest BCUT2D eigenvalue weighted by Crippen LogP contribution is -2.29. The number of fused-ring (bicyclic) bond motifs is 1. The van der Waals surface area contributed by atoms with Crippen molar-refractivity contribution in [3.05, 3.63) is 45.1 Å². The molecule has 0 aliphatic carbocycles. The number of rotatable bonds is 4. The van der Waals surface area contributed by atoms with E-state index in [-0.39, 0.29) is 16.8 Å². The van der Waals surface area contributed by atoms with E-state index in [9.17, 15) is 14.9 Å². The highest BCUT2D eigenvalue weighted by atomic mass is 16.6. The summed E-state index contributed by atoms with van der Waals surface area (Å²) in [6, 6.07) is 4.08. The Morgan fingerprint density at radius 1 is 1.46 bits per heavy atom. The summed E-state index contributed by atoms with van der Waals surface area (Å²) in [5.74, 6) is 0.0893. The molecule has 1 aromatic heterocycles. The molecule has 9 nitrogen and oxygen atoms in total. The van der Waals surface area contributed by atoms with E-state index in [0.29, 0.717) is 18.1 Å². The number of amides is 1. The van der Waals surface area contributed by atoms with E-state index >= 15 is 0 Å². The molecular formula is C15H17N5O4. The Kier molecular flexibility index (Phi) is 3.72. The number of nitro groups is 1. The molecule has 1 aliphatic heterocycles. The second kappa shape index (κ2) is 5.60. The van der Waals surface area contributed by atoms with Gasteiger partial charge in [0.05, 0.1) is 29.3 Å². The Morgan fingerprint density at radius 2 is 2.21 bits per heavy atom. The quantitative estimate of drug-likeness (QED) is 0.581. The van der Waals surface area contributed by atoms with Crippen molar-refractivity contribution in [1.29, 1.82) is 0 Å². The van der Waals surface area contributed by atoms with Gasteiger partial charge in [0.15, 0.2) is 5.82 Å². The molecule has 0 spiro atoms. The summed E-state index contributed by atoms with van der Waals surface area (Å²) in [6.07, 6.45) is 0. The van der Waals surface area contributed by atoms with Crippen LogP contribution in [0.1, 0.15) is 35.5 Å². The molecular weight excluding hydrogens is 314 g/mol. The fraction of sp³-hybridized carbons (Fsp3) is 0.333. The standard InChI is InChI=1S/C15H17N5O4/c1-15(2)12-10(7-16-15)13(19-18-12)17-14(21)9-5-4-8(24-3)6-11(9)20(22)23/h4-6,16H,7H2,1-3H3,(H2,17,18,19,21). The number of aromatic nitrogens is 2. The van der Waals surface area contributed by atoms with Crippen molar-refractivity contribution in [2.45, 2.75) is 25.9 Å². The van der Waals surface area contributed by atoms with Crippen LogP contribution in [0.2, 0.25) is 0 Å². The van der Waals surface area contributed by atoms with Crippen molar-refractivity contribution in [2.75, 3.05) is 12.4 Å². The van der Waals surface area contributed by atoms with Gasteiger partial charge in [-0.15, -0.1) is 0 Å². The van der Waals surface area contributed by atoms with E-state index in [0.717, 1.165) is 11.3 Å². The van der Waals surface area contributed by atoms with Crippen LogP contribution >= 0.6 is 0 Å². The number of nitro benzene ring substituents is 1. The summed E-state index contributed by atoms with van der Waals surface area (Å²) in [5.41, 5.74) is 1.10. The molecule has 0 unspecified atom stereocenters. The number of nitrogens with zero attached hydrogens (tertiary/aromatic N) is 2. The van der Waals surface area contributed by atoms with Gasteiger partial charge in [-0.1, -0.05) is 0 Å². The van der Waals surface area contributed by atoms with Crippen LogP contribution in [0.5, 0.6) is 5.75 Å². The second-order valence-electron chi connectivity index (χ2n) is 6.00. The van der Waals surface area contributed by atoms with Crippen molar-refractivity contribution < 1.29 is 14.5 Å². The zero-order valence-electron chi connectivity index (χ0n) is 13.5. The summed E-state index contributed by atoms with van der Waals surface area (Å²) >= 11 is 0. The molecule has 24 heavy (non-hydrogen) atoms. The number of benzene rings is 1. The maximum absolute atomic E-state index is 12.5. The normalized spacial score (nSPS) is 15.0. The summed E-state index contributed by atoms with van der Waals surface area (Å²) in [4.78, 5) is 23.1. The van der Waals surface area contributed by atoms with Crippen LogP contribution in [0.15, 0.2) is 18.2 Å². The van der Waals surface area contributed by atoms with E-state index < -0.39 is 10.8 Å². The molecule has 1 amide bonds. The fourth-order valence-corrected chi connectivity index (χ4v) is 2.71. The van der Waals surface area contributed by atoms with Crippen LogP contribution < -0.4 is 15.4 Å². The molecule has 3 N–H and O–H groups in total. The Labute approximate surface area is 137 Å². The lowest BCUT2D eigenvalue weighted by Gasteiger charge is -2.16. The largest absolute Gasteiger partial charge is 0.497 e. The number of carbonyl (C=O) groups is 1. The van der Waals surface area contributed by atoms with Crippen LogP contribution in [0, 0.1) is 10.1 Å². The number of ether oxygens (including phenoxy) is 1. The third kappa shape index (κ3) is 2.58. The molecule has 2 heterocycles. The van der Waals surface area contributed by atoms with Crippen LogP contribution in [0.4, 0.5) is 11.5 Å². The lowest BCUT2D eigenvalue weighted by atomic mass is 10.0. The number of hydrogen-bond donors (Lipinski definition) is 3. The molecule has 0 saturated carbocycles. The van der Waals surface area contributed by atoms with Crippen molar-refractivity contribution in [3.8, 4) is 5.75 Å². The van der Waals surface area contributed by atoms with Gasteiger partial charge in [0.1, 0.15) is 11.3 Å². The molecule has 0 saturated heterocycles. The predicted molar refractivity (Wildman–Crippen MR) is 86.1 cm³/mol. The Morgan fingerprint density at radius 3 is 2.88 bits per heavy atom. The number of carbonyl (C=O) groups excluding carboxylic acids is 1. The number of hydrogen-bond acceptors (Lipinski definition) is 6. The van der Waals surface area contributed by atoms with Gasteiger partial charge in [-0.2, -0.15) is 5.10 Å². The Balaban J connectivity index is 1.91. The second-order valence-corrected chi connectivity index (χ2v) is 6.00. The predicted octanol–water partition coefficient (Wildman–Crippen LogP) is 1.92. The minimum atomic E-state index is -0.614. The van der Waals surface area contributed by atoms with Crippen molar-refractivity contribution in [2.24, 2.45) is 0 Å². The van der Waals surface area contributed by atoms with Crippen molar-refractivity contribution in [3.63, 3.8) is 0 Å². The van der Waals surface area contributed by atoms with Gasteiger partial charge in [0.25, 0.3) is 11.6 Å². The molecule has 0 radical (unpaired) electrons. The van der Waals surface area contributed by atoms with Gasteiger partial charge in [-0.05, 0) is 26.0 Å². The Hall–Kier alpha value is -2.94. The van der Waals surface area contributed by atoms with Crippen LogP contribution in [0.25, 0.3) is 0 Å². The maximum atomic E-state index is 12.5. The van der Waals surface area contributed by atoms with Gasteiger partial charge in [-0.25, -0.2) is 0 Å². The van der Waals surface area contributed by atoms with Gasteiger partial charge < -0.3 is 15.4 Å². The van der Waals surface area contributed by atoms with E-state index in [1.54, 1.807) is 0 Å². The first-order valence-corrected chi connectivity index (χ1v) is 7.30.